The average Bonchev–Trinajstić information content (AvgIpc) is 1.98. The van der Waals surface area contributed by atoms with Gasteiger partial charge in [-0.3, -0.25) is 0 Å². The van der Waals surface area contributed by atoms with Crippen LogP contribution in [-0.2, 0) is 0 Å². The predicted octanol–water partition coefficient (Wildman–Crippen LogP) is 1.41. The summed E-state index contributed by atoms with van der Waals surface area (Å²) in [6.07, 6.45) is 2.22. The van der Waals surface area contributed by atoms with Gasteiger partial charge in [-0.1, -0.05) is 13.8 Å². The minimum absolute atomic E-state index is 0.00926. The molecule has 1 heteroatoms. The fraction of sp³-hybridized carbons (Fsp3) is 1.00. The molecule has 1 aliphatic rings. The molecule has 0 radical (unpaired) electrons. The summed E-state index contributed by atoms with van der Waals surface area (Å²) in [4.78, 5) is 0. The Kier molecular flexibility index (Phi) is 1.57. The molecule has 0 bridgehead atoms. The van der Waals surface area contributed by atoms with Crippen molar-refractivity contribution in [2.75, 3.05) is 0 Å². The Hall–Kier alpha value is -0.0400. The molecule has 0 heterocycles. The van der Waals surface area contributed by atoms with E-state index < -0.39 is 0 Å². The lowest BCUT2D eigenvalue weighted by atomic mass is 10.00. The van der Waals surface area contributed by atoms with Gasteiger partial charge in [0.05, 0.1) is 6.10 Å². The minimum Gasteiger partial charge on any atom is -0.393 e. The summed E-state index contributed by atoms with van der Waals surface area (Å²) in [5.74, 6) is 1.28. The zero-order valence-electron chi connectivity index (χ0n) is 5.59. The first kappa shape index (κ1) is 6.09. The minimum atomic E-state index is -0.00926. The van der Waals surface area contributed by atoms with Crippen molar-refractivity contribution in [2.24, 2.45) is 11.8 Å². The van der Waals surface area contributed by atoms with E-state index in [1.165, 1.54) is 6.42 Å². The van der Waals surface area contributed by atoms with Crippen molar-refractivity contribution in [1.82, 2.24) is 0 Å². The van der Waals surface area contributed by atoms with E-state index >= 15 is 0 Å². The smallest absolute Gasteiger partial charge is 0.0568 e. The van der Waals surface area contributed by atoms with Crippen LogP contribution in [0.5, 0.6) is 0 Å². The molecular weight excluding hydrogens is 100 g/mol. The van der Waals surface area contributed by atoms with Crippen LogP contribution in [0, 0.1) is 11.8 Å². The monoisotopic (exact) mass is 114 g/mol. The molecule has 1 aliphatic carbocycles. The van der Waals surface area contributed by atoms with Crippen LogP contribution in [-0.4, -0.2) is 11.2 Å². The molecule has 0 aromatic carbocycles. The lowest BCUT2D eigenvalue weighted by molar-refractivity contribution is 0.130. The van der Waals surface area contributed by atoms with Gasteiger partial charge in [-0.25, -0.2) is 0 Å². The van der Waals surface area contributed by atoms with E-state index in [9.17, 15) is 0 Å². The molecule has 0 spiro atoms. The first-order valence-corrected chi connectivity index (χ1v) is 3.40. The maximum atomic E-state index is 9.17. The number of hydrogen-bond donors (Lipinski definition) is 1. The zero-order valence-corrected chi connectivity index (χ0v) is 5.59. The van der Waals surface area contributed by atoms with Gasteiger partial charge in [0.25, 0.3) is 0 Å². The molecule has 3 atom stereocenters. The first-order valence-electron chi connectivity index (χ1n) is 3.40. The van der Waals surface area contributed by atoms with Gasteiger partial charge in [0.15, 0.2) is 0 Å². The van der Waals surface area contributed by atoms with Crippen molar-refractivity contribution >= 4 is 0 Å². The van der Waals surface area contributed by atoms with Crippen LogP contribution in [0.15, 0.2) is 0 Å². The molecule has 1 N–H and O–H groups in total. The second-order valence-electron chi connectivity index (χ2n) is 2.98. The van der Waals surface area contributed by atoms with Crippen LogP contribution < -0.4 is 0 Å². The summed E-state index contributed by atoms with van der Waals surface area (Å²) in [5, 5.41) is 9.17. The van der Waals surface area contributed by atoms with E-state index in [1.54, 1.807) is 0 Å². The SMILES string of the molecule is C[C@H]1[C@H](C)CC[C@H]1O. The van der Waals surface area contributed by atoms with Gasteiger partial charge in [0.1, 0.15) is 0 Å². The van der Waals surface area contributed by atoms with Crippen LogP contribution >= 0.6 is 0 Å². The van der Waals surface area contributed by atoms with Crippen LogP contribution in [0.2, 0.25) is 0 Å². The van der Waals surface area contributed by atoms with E-state index in [0.29, 0.717) is 5.92 Å². The van der Waals surface area contributed by atoms with Gasteiger partial charge < -0.3 is 5.11 Å². The van der Waals surface area contributed by atoms with Crippen molar-refractivity contribution in [1.29, 1.82) is 0 Å². The van der Waals surface area contributed by atoms with Gasteiger partial charge >= 0.3 is 0 Å². The fourth-order valence-electron chi connectivity index (χ4n) is 1.34. The third-order valence-electron chi connectivity index (χ3n) is 2.42. The maximum absolute atomic E-state index is 9.17. The largest absolute Gasteiger partial charge is 0.393 e. The lowest BCUT2D eigenvalue weighted by Gasteiger charge is -2.10. The second kappa shape index (κ2) is 2.06. The average molecular weight is 114 g/mol. The van der Waals surface area contributed by atoms with Crippen LogP contribution in [0.4, 0.5) is 0 Å². The molecule has 1 nitrogen and oxygen atoms in total. The number of hydrogen-bond acceptors (Lipinski definition) is 1. The normalized spacial score (nSPS) is 47.6. The van der Waals surface area contributed by atoms with E-state index in [1.807, 2.05) is 0 Å². The van der Waals surface area contributed by atoms with E-state index in [0.717, 1.165) is 12.3 Å². The Morgan fingerprint density at radius 3 is 2.00 bits per heavy atom. The van der Waals surface area contributed by atoms with Gasteiger partial charge in [0, 0.05) is 0 Å². The van der Waals surface area contributed by atoms with Gasteiger partial charge in [-0.15, -0.1) is 0 Å². The summed E-state index contributed by atoms with van der Waals surface area (Å²) in [6.45, 7) is 4.34. The van der Waals surface area contributed by atoms with Crippen LogP contribution in [0.3, 0.4) is 0 Å². The molecule has 0 aromatic heterocycles. The highest BCUT2D eigenvalue weighted by molar-refractivity contribution is 4.78. The van der Waals surface area contributed by atoms with Gasteiger partial charge in [-0.2, -0.15) is 0 Å². The van der Waals surface area contributed by atoms with Crippen LogP contribution in [0.1, 0.15) is 26.7 Å². The fourth-order valence-corrected chi connectivity index (χ4v) is 1.34. The molecule has 0 unspecified atom stereocenters. The van der Waals surface area contributed by atoms with E-state index in [-0.39, 0.29) is 6.10 Å². The van der Waals surface area contributed by atoms with Crippen molar-refractivity contribution in [3.8, 4) is 0 Å². The molecule has 0 aliphatic heterocycles. The molecule has 0 saturated heterocycles. The molecular formula is C7H14O. The first-order chi connectivity index (χ1) is 3.72. The van der Waals surface area contributed by atoms with Crippen molar-refractivity contribution in [3.05, 3.63) is 0 Å². The molecule has 1 fully saturated rings. The molecule has 48 valence electrons. The van der Waals surface area contributed by atoms with Crippen molar-refractivity contribution in [2.45, 2.75) is 32.8 Å². The van der Waals surface area contributed by atoms with Crippen LogP contribution in [0.25, 0.3) is 0 Å². The Labute approximate surface area is 50.7 Å². The highest BCUT2D eigenvalue weighted by Gasteiger charge is 2.27. The lowest BCUT2D eigenvalue weighted by Crippen LogP contribution is -2.12. The predicted molar refractivity (Wildman–Crippen MR) is 33.6 cm³/mol. The Bertz CT molecular complexity index is 70.5. The standard InChI is InChI=1S/C7H14O/c1-5-3-4-7(8)6(5)2/h5-8H,3-4H2,1-2H3/t5-,6+,7-/m1/s1. The number of aliphatic hydroxyl groups is 1. The maximum Gasteiger partial charge on any atom is 0.0568 e. The summed E-state index contributed by atoms with van der Waals surface area (Å²) in [5.41, 5.74) is 0. The summed E-state index contributed by atoms with van der Waals surface area (Å²) in [6, 6.07) is 0. The second-order valence-corrected chi connectivity index (χ2v) is 2.98. The Balaban J connectivity index is 2.44. The quantitative estimate of drug-likeness (QED) is 0.505. The number of aliphatic hydroxyl groups excluding tert-OH is 1. The Morgan fingerprint density at radius 1 is 1.25 bits per heavy atom. The summed E-state index contributed by atoms with van der Waals surface area (Å²) < 4.78 is 0. The Morgan fingerprint density at radius 2 is 1.88 bits per heavy atom. The molecule has 1 saturated carbocycles. The molecule has 8 heavy (non-hydrogen) atoms. The summed E-state index contributed by atoms with van der Waals surface area (Å²) >= 11 is 0. The summed E-state index contributed by atoms with van der Waals surface area (Å²) in [7, 11) is 0. The van der Waals surface area contributed by atoms with Crippen molar-refractivity contribution < 1.29 is 5.11 Å². The highest BCUT2D eigenvalue weighted by Crippen LogP contribution is 2.30. The highest BCUT2D eigenvalue weighted by atomic mass is 16.3. The van der Waals surface area contributed by atoms with E-state index in [4.69, 9.17) is 5.11 Å². The van der Waals surface area contributed by atoms with Crippen molar-refractivity contribution in [3.63, 3.8) is 0 Å². The van der Waals surface area contributed by atoms with E-state index in [2.05, 4.69) is 13.8 Å². The molecule has 1 rings (SSSR count). The topological polar surface area (TPSA) is 20.2 Å². The molecule has 0 amide bonds. The molecule has 0 aromatic rings. The van der Waals surface area contributed by atoms with Gasteiger partial charge in [0.2, 0.25) is 0 Å². The zero-order chi connectivity index (χ0) is 6.15. The third kappa shape index (κ3) is 0.873. The number of rotatable bonds is 0. The third-order valence-corrected chi connectivity index (χ3v) is 2.42. The van der Waals surface area contributed by atoms with Gasteiger partial charge in [-0.05, 0) is 24.7 Å².